The number of aryl methyl sites for hydroxylation is 1. The van der Waals surface area contributed by atoms with E-state index >= 15 is 0 Å². The minimum Gasteiger partial charge on any atom is -0.466 e. The summed E-state index contributed by atoms with van der Waals surface area (Å²) >= 11 is 0. The molecule has 7 heteroatoms. The van der Waals surface area contributed by atoms with Crippen molar-refractivity contribution in [2.24, 2.45) is 11.0 Å². The van der Waals surface area contributed by atoms with Crippen LogP contribution in [0.25, 0.3) is 0 Å². The van der Waals surface area contributed by atoms with E-state index in [1.807, 2.05) is 41.6 Å². The number of unbranched alkanes of at least 4 members (excludes halogenated alkanes) is 1. The van der Waals surface area contributed by atoms with Crippen LogP contribution in [0.5, 0.6) is 0 Å². The van der Waals surface area contributed by atoms with Crippen molar-refractivity contribution in [3.63, 3.8) is 0 Å². The second-order valence-corrected chi connectivity index (χ2v) is 9.26. The quantitative estimate of drug-likeness (QED) is 0.328. The van der Waals surface area contributed by atoms with Crippen molar-refractivity contribution < 1.29 is 19.1 Å². The smallest absolute Gasteiger partial charge is 0.306 e. The number of rotatable bonds is 9. The Balaban J connectivity index is 1.28. The first-order valence-corrected chi connectivity index (χ1v) is 12.7. The van der Waals surface area contributed by atoms with E-state index in [0.717, 1.165) is 56.4 Å². The molecule has 0 bridgehead atoms. The number of nitrogens with one attached hydrogen (secondary N) is 1. The Bertz CT molecular complexity index is 1030. The predicted octanol–water partition coefficient (Wildman–Crippen LogP) is 4.44. The van der Waals surface area contributed by atoms with Crippen molar-refractivity contribution >= 4 is 23.8 Å². The molecule has 2 aromatic carbocycles. The first-order valence-electron chi connectivity index (χ1n) is 12.7. The first kappa shape index (κ1) is 24.9. The average Bonchev–Trinajstić information content (AvgIpc) is 2.88. The molecule has 2 aromatic rings. The molecule has 2 aliphatic rings. The molecule has 186 valence electrons. The Kier molecular flexibility index (Phi) is 8.90. The van der Waals surface area contributed by atoms with Gasteiger partial charge in [0.25, 0.3) is 5.91 Å². The van der Waals surface area contributed by atoms with E-state index in [0.29, 0.717) is 37.7 Å². The van der Waals surface area contributed by atoms with Crippen LogP contribution in [0.3, 0.4) is 0 Å². The Morgan fingerprint density at radius 1 is 1.14 bits per heavy atom. The number of fused-ring (bicyclic) bond motifs is 1. The summed E-state index contributed by atoms with van der Waals surface area (Å²) in [6, 6.07) is 13.5. The Hall–Kier alpha value is -3.19. The number of hydrazone groups is 1. The number of morpholine rings is 1. The van der Waals surface area contributed by atoms with Crippen molar-refractivity contribution in [2.45, 2.75) is 45.4 Å². The molecule has 1 atom stereocenters. The van der Waals surface area contributed by atoms with Gasteiger partial charge in [-0.05, 0) is 72.6 Å². The highest BCUT2D eigenvalue weighted by Gasteiger charge is 2.22. The predicted molar refractivity (Wildman–Crippen MR) is 137 cm³/mol. The van der Waals surface area contributed by atoms with Crippen LogP contribution >= 0.6 is 0 Å². The third-order valence-electron chi connectivity index (χ3n) is 6.54. The fourth-order valence-corrected chi connectivity index (χ4v) is 4.45. The highest BCUT2D eigenvalue weighted by molar-refractivity contribution is 6.04. The first-order chi connectivity index (χ1) is 17.1. The van der Waals surface area contributed by atoms with Gasteiger partial charge in [0.05, 0.1) is 39.1 Å². The number of carbonyl (C=O) groups excluding carboxylic acids is 2. The van der Waals surface area contributed by atoms with E-state index < -0.39 is 0 Å². The topological polar surface area (TPSA) is 80.2 Å². The van der Waals surface area contributed by atoms with Crippen LogP contribution in [0.2, 0.25) is 0 Å². The number of hydrogen-bond acceptors (Lipinski definition) is 6. The van der Waals surface area contributed by atoms with Crippen molar-refractivity contribution in [3.8, 4) is 0 Å². The standard InChI is InChI=1S/C28H35N3O4/c1-2-3-14-35-27(32)18-22-6-9-25-19-26(11-10-24(25)17-22)30-28(33)23-7-4-21(5-8-23)20-29-31-12-15-34-16-13-31/h4-5,7-8,10-11,19-20,22H,2-3,6,9,12-18H2,1H3,(H,30,33)/b29-20+. The molecule has 1 amide bonds. The summed E-state index contributed by atoms with van der Waals surface area (Å²) in [5, 5.41) is 9.48. The van der Waals surface area contributed by atoms with E-state index in [-0.39, 0.29) is 11.9 Å². The highest BCUT2D eigenvalue weighted by Crippen LogP contribution is 2.30. The summed E-state index contributed by atoms with van der Waals surface area (Å²) in [5.74, 6) is 0.0988. The second kappa shape index (κ2) is 12.5. The largest absolute Gasteiger partial charge is 0.466 e. The number of esters is 1. The number of anilines is 1. The van der Waals surface area contributed by atoms with Gasteiger partial charge >= 0.3 is 5.97 Å². The van der Waals surface area contributed by atoms with Gasteiger partial charge in [0.2, 0.25) is 0 Å². The number of ether oxygens (including phenoxy) is 2. The van der Waals surface area contributed by atoms with Crippen molar-refractivity contribution in [3.05, 3.63) is 64.7 Å². The zero-order valence-electron chi connectivity index (χ0n) is 20.5. The summed E-state index contributed by atoms with van der Waals surface area (Å²) in [5.41, 5.74) is 4.85. The molecule has 1 fully saturated rings. The Labute approximate surface area is 207 Å². The number of nitrogens with zero attached hydrogens (tertiary/aromatic N) is 2. The molecule has 0 spiro atoms. The van der Waals surface area contributed by atoms with Crippen LogP contribution in [0, 0.1) is 5.92 Å². The molecule has 35 heavy (non-hydrogen) atoms. The molecular formula is C28H35N3O4. The van der Waals surface area contributed by atoms with E-state index in [1.165, 1.54) is 11.1 Å². The minimum absolute atomic E-state index is 0.0887. The van der Waals surface area contributed by atoms with Crippen LogP contribution in [0.4, 0.5) is 5.69 Å². The van der Waals surface area contributed by atoms with E-state index in [2.05, 4.69) is 29.5 Å². The fourth-order valence-electron chi connectivity index (χ4n) is 4.45. The van der Waals surface area contributed by atoms with Crippen LogP contribution in [0.15, 0.2) is 47.6 Å². The number of carbonyl (C=O) groups is 2. The molecule has 1 heterocycles. The van der Waals surface area contributed by atoms with Gasteiger partial charge in [0.1, 0.15) is 0 Å². The summed E-state index contributed by atoms with van der Waals surface area (Å²) < 4.78 is 10.7. The second-order valence-electron chi connectivity index (χ2n) is 9.26. The normalized spacial score (nSPS) is 17.7. The van der Waals surface area contributed by atoms with Gasteiger partial charge in [-0.15, -0.1) is 0 Å². The zero-order chi connectivity index (χ0) is 24.5. The monoisotopic (exact) mass is 477 g/mol. The number of hydrogen-bond donors (Lipinski definition) is 1. The van der Waals surface area contributed by atoms with Gasteiger partial charge < -0.3 is 14.8 Å². The molecule has 0 saturated carbocycles. The van der Waals surface area contributed by atoms with Crippen molar-refractivity contribution in [2.75, 3.05) is 38.2 Å². The third-order valence-corrected chi connectivity index (χ3v) is 6.54. The molecule has 4 rings (SSSR count). The lowest BCUT2D eigenvalue weighted by molar-refractivity contribution is -0.145. The molecule has 1 aliphatic heterocycles. The molecule has 7 nitrogen and oxygen atoms in total. The summed E-state index contributed by atoms with van der Waals surface area (Å²) in [6.07, 6.45) is 6.98. The Morgan fingerprint density at radius 3 is 2.71 bits per heavy atom. The molecule has 1 N–H and O–H groups in total. The van der Waals surface area contributed by atoms with Gasteiger partial charge in [-0.25, -0.2) is 0 Å². The van der Waals surface area contributed by atoms with Gasteiger partial charge in [0.15, 0.2) is 0 Å². The van der Waals surface area contributed by atoms with Gasteiger partial charge in [-0.2, -0.15) is 5.10 Å². The van der Waals surface area contributed by atoms with Crippen LogP contribution < -0.4 is 5.32 Å². The lowest BCUT2D eigenvalue weighted by Gasteiger charge is -2.24. The van der Waals surface area contributed by atoms with Crippen molar-refractivity contribution in [1.29, 1.82) is 0 Å². The van der Waals surface area contributed by atoms with Crippen LogP contribution in [0.1, 0.15) is 59.7 Å². The molecule has 0 aromatic heterocycles. The number of amides is 1. The van der Waals surface area contributed by atoms with E-state index in [9.17, 15) is 9.59 Å². The van der Waals surface area contributed by atoms with Crippen LogP contribution in [-0.4, -0.2) is 56.0 Å². The van der Waals surface area contributed by atoms with Gasteiger partial charge in [0, 0.05) is 17.7 Å². The van der Waals surface area contributed by atoms with E-state index in [1.54, 1.807) is 0 Å². The lowest BCUT2D eigenvalue weighted by Crippen LogP contribution is -2.32. The summed E-state index contributed by atoms with van der Waals surface area (Å²) in [4.78, 5) is 24.8. The maximum atomic E-state index is 12.8. The molecular weight excluding hydrogens is 442 g/mol. The van der Waals surface area contributed by atoms with Crippen molar-refractivity contribution in [1.82, 2.24) is 5.01 Å². The highest BCUT2D eigenvalue weighted by atomic mass is 16.5. The number of benzene rings is 2. The minimum atomic E-state index is -0.134. The SMILES string of the molecule is CCCCOC(=O)CC1CCc2cc(NC(=O)c3ccc(/C=N/N4CCOCC4)cc3)ccc2C1. The zero-order valence-corrected chi connectivity index (χ0v) is 20.5. The molecule has 1 unspecified atom stereocenters. The third kappa shape index (κ3) is 7.39. The fraction of sp³-hybridized carbons (Fsp3) is 0.464. The Morgan fingerprint density at radius 2 is 1.94 bits per heavy atom. The lowest BCUT2D eigenvalue weighted by atomic mass is 9.82. The van der Waals surface area contributed by atoms with E-state index in [4.69, 9.17) is 9.47 Å². The van der Waals surface area contributed by atoms with Gasteiger partial charge in [-0.1, -0.05) is 31.5 Å². The average molecular weight is 478 g/mol. The molecule has 1 saturated heterocycles. The maximum absolute atomic E-state index is 12.8. The summed E-state index contributed by atoms with van der Waals surface area (Å²) in [6.45, 7) is 5.60. The van der Waals surface area contributed by atoms with Crippen LogP contribution in [-0.2, 0) is 27.1 Å². The summed E-state index contributed by atoms with van der Waals surface area (Å²) in [7, 11) is 0. The molecule has 1 aliphatic carbocycles. The molecule has 0 radical (unpaired) electrons. The maximum Gasteiger partial charge on any atom is 0.306 e. The van der Waals surface area contributed by atoms with Gasteiger partial charge in [-0.3, -0.25) is 14.6 Å².